The molecule has 0 radical (unpaired) electrons. The van der Waals surface area contributed by atoms with Crippen molar-refractivity contribution in [2.24, 2.45) is 0 Å². The minimum absolute atomic E-state index is 0.294. The van der Waals surface area contributed by atoms with Crippen molar-refractivity contribution in [3.63, 3.8) is 0 Å². The second-order valence-electron chi connectivity index (χ2n) is 4.70. The summed E-state index contributed by atoms with van der Waals surface area (Å²) in [6.45, 7) is 8.42. The van der Waals surface area contributed by atoms with Gasteiger partial charge in [-0.25, -0.2) is 0 Å². The molecule has 15 heavy (non-hydrogen) atoms. The first-order valence-corrected chi connectivity index (χ1v) is 6.35. The van der Waals surface area contributed by atoms with Crippen LogP contribution in [-0.4, -0.2) is 48.3 Å². The van der Waals surface area contributed by atoms with Gasteiger partial charge in [0.25, 0.3) is 0 Å². The summed E-state index contributed by atoms with van der Waals surface area (Å²) in [6.07, 6.45) is 4.65. The van der Waals surface area contributed by atoms with E-state index in [2.05, 4.69) is 24.1 Å². The van der Waals surface area contributed by atoms with Crippen LogP contribution in [0.15, 0.2) is 0 Å². The van der Waals surface area contributed by atoms with Gasteiger partial charge < -0.3 is 15.3 Å². The number of aliphatic hydroxyl groups is 1. The number of rotatable bonds is 6. The van der Waals surface area contributed by atoms with Gasteiger partial charge in [0, 0.05) is 18.7 Å². The summed E-state index contributed by atoms with van der Waals surface area (Å²) in [5.74, 6) is 0. The van der Waals surface area contributed by atoms with Gasteiger partial charge in [0.1, 0.15) is 0 Å². The van der Waals surface area contributed by atoms with E-state index in [0.717, 1.165) is 6.42 Å². The lowest BCUT2D eigenvalue weighted by Crippen LogP contribution is -2.45. The Kier molecular flexibility index (Phi) is 6.22. The molecule has 1 fully saturated rings. The van der Waals surface area contributed by atoms with Crippen molar-refractivity contribution >= 4 is 0 Å². The summed E-state index contributed by atoms with van der Waals surface area (Å²) in [6, 6.07) is 1.12. The van der Waals surface area contributed by atoms with Crippen LogP contribution in [0, 0.1) is 0 Å². The maximum Gasteiger partial charge on any atom is 0.0445 e. The highest BCUT2D eigenvalue weighted by molar-refractivity contribution is 4.79. The van der Waals surface area contributed by atoms with E-state index in [9.17, 15) is 0 Å². The SMILES string of the molecule is CCCN1CCC(N[C@H](C)CCO)CC1. The number of likely N-dealkylation sites (tertiary alicyclic amines) is 1. The highest BCUT2D eigenvalue weighted by atomic mass is 16.3. The molecule has 3 heteroatoms. The largest absolute Gasteiger partial charge is 0.396 e. The average Bonchev–Trinajstić information content (AvgIpc) is 2.22. The van der Waals surface area contributed by atoms with Gasteiger partial charge in [-0.2, -0.15) is 0 Å². The number of hydrogen-bond acceptors (Lipinski definition) is 3. The van der Waals surface area contributed by atoms with E-state index < -0.39 is 0 Å². The van der Waals surface area contributed by atoms with Crippen molar-refractivity contribution in [3.8, 4) is 0 Å². The van der Waals surface area contributed by atoms with Crippen LogP contribution in [0.3, 0.4) is 0 Å². The highest BCUT2D eigenvalue weighted by Crippen LogP contribution is 2.11. The molecular weight excluding hydrogens is 188 g/mol. The minimum Gasteiger partial charge on any atom is -0.396 e. The summed E-state index contributed by atoms with van der Waals surface area (Å²) in [4.78, 5) is 2.55. The molecule has 1 aliphatic rings. The summed E-state index contributed by atoms with van der Waals surface area (Å²) >= 11 is 0. The monoisotopic (exact) mass is 214 g/mol. The lowest BCUT2D eigenvalue weighted by Gasteiger charge is -2.33. The first-order valence-electron chi connectivity index (χ1n) is 6.35. The Hall–Kier alpha value is -0.120. The van der Waals surface area contributed by atoms with Gasteiger partial charge in [0.15, 0.2) is 0 Å². The molecule has 2 N–H and O–H groups in total. The van der Waals surface area contributed by atoms with Crippen molar-refractivity contribution in [1.29, 1.82) is 0 Å². The maximum absolute atomic E-state index is 8.83. The van der Waals surface area contributed by atoms with Crippen LogP contribution in [0.5, 0.6) is 0 Å². The van der Waals surface area contributed by atoms with Crippen LogP contribution in [0.4, 0.5) is 0 Å². The number of nitrogens with zero attached hydrogens (tertiary/aromatic N) is 1. The standard InChI is InChI=1S/C12H26N2O/c1-3-7-14-8-4-12(5-9-14)13-11(2)6-10-15/h11-13,15H,3-10H2,1-2H3/t11-/m1/s1. The van der Waals surface area contributed by atoms with E-state index in [1.807, 2.05) is 0 Å². The van der Waals surface area contributed by atoms with E-state index in [0.29, 0.717) is 18.7 Å². The summed E-state index contributed by atoms with van der Waals surface area (Å²) in [5.41, 5.74) is 0. The maximum atomic E-state index is 8.83. The zero-order valence-corrected chi connectivity index (χ0v) is 10.2. The number of aliphatic hydroxyl groups excluding tert-OH is 1. The van der Waals surface area contributed by atoms with Gasteiger partial charge >= 0.3 is 0 Å². The molecule has 90 valence electrons. The van der Waals surface area contributed by atoms with Crippen LogP contribution >= 0.6 is 0 Å². The fourth-order valence-corrected chi connectivity index (χ4v) is 2.32. The topological polar surface area (TPSA) is 35.5 Å². The molecule has 0 aromatic heterocycles. The zero-order valence-electron chi connectivity index (χ0n) is 10.2. The molecule has 1 atom stereocenters. The van der Waals surface area contributed by atoms with Crippen LogP contribution in [-0.2, 0) is 0 Å². The lowest BCUT2D eigenvalue weighted by molar-refractivity contribution is 0.185. The first kappa shape index (κ1) is 12.9. The third-order valence-corrected chi connectivity index (χ3v) is 3.21. The highest BCUT2D eigenvalue weighted by Gasteiger charge is 2.19. The smallest absolute Gasteiger partial charge is 0.0445 e. The van der Waals surface area contributed by atoms with E-state index in [1.54, 1.807) is 0 Å². The van der Waals surface area contributed by atoms with Gasteiger partial charge in [0.05, 0.1) is 0 Å². The predicted molar refractivity (Wildman–Crippen MR) is 64.1 cm³/mol. The van der Waals surface area contributed by atoms with Crippen molar-refractivity contribution in [3.05, 3.63) is 0 Å². The molecule has 1 aliphatic heterocycles. The van der Waals surface area contributed by atoms with Gasteiger partial charge in [-0.1, -0.05) is 6.92 Å². The molecule has 0 amide bonds. The number of nitrogens with one attached hydrogen (secondary N) is 1. The third kappa shape index (κ3) is 4.96. The Morgan fingerprint density at radius 1 is 1.40 bits per heavy atom. The van der Waals surface area contributed by atoms with Crippen molar-refractivity contribution < 1.29 is 5.11 Å². The average molecular weight is 214 g/mol. The van der Waals surface area contributed by atoms with Crippen molar-refractivity contribution in [2.75, 3.05) is 26.2 Å². The van der Waals surface area contributed by atoms with E-state index in [4.69, 9.17) is 5.11 Å². The molecule has 0 spiro atoms. The summed E-state index contributed by atoms with van der Waals surface area (Å²) < 4.78 is 0. The van der Waals surface area contributed by atoms with Crippen molar-refractivity contribution in [1.82, 2.24) is 10.2 Å². The quantitative estimate of drug-likeness (QED) is 0.698. The Balaban J connectivity index is 2.14. The number of hydrogen-bond donors (Lipinski definition) is 2. The van der Waals surface area contributed by atoms with Crippen LogP contribution < -0.4 is 5.32 Å². The Morgan fingerprint density at radius 2 is 2.07 bits per heavy atom. The Labute approximate surface area is 93.9 Å². The summed E-state index contributed by atoms with van der Waals surface area (Å²) in [5, 5.41) is 12.4. The first-order chi connectivity index (χ1) is 7.26. The van der Waals surface area contributed by atoms with Gasteiger partial charge in [0.2, 0.25) is 0 Å². The molecule has 0 aromatic carbocycles. The predicted octanol–water partition coefficient (Wildman–Crippen LogP) is 1.22. The van der Waals surface area contributed by atoms with Gasteiger partial charge in [-0.05, 0) is 52.2 Å². The Morgan fingerprint density at radius 3 is 2.60 bits per heavy atom. The third-order valence-electron chi connectivity index (χ3n) is 3.21. The second-order valence-corrected chi connectivity index (χ2v) is 4.70. The minimum atomic E-state index is 0.294. The zero-order chi connectivity index (χ0) is 11.1. The number of piperidine rings is 1. The van der Waals surface area contributed by atoms with Crippen LogP contribution in [0.25, 0.3) is 0 Å². The second kappa shape index (κ2) is 7.20. The normalized spacial score (nSPS) is 21.8. The van der Waals surface area contributed by atoms with E-state index in [-0.39, 0.29) is 0 Å². The van der Waals surface area contributed by atoms with E-state index >= 15 is 0 Å². The van der Waals surface area contributed by atoms with Gasteiger partial charge in [-0.3, -0.25) is 0 Å². The lowest BCUT2D eigenvalue weighted by atomic mass is 10.0. The van der Waals surface area contributed by atoms with Crippen molar-refractivity contribution in [2.45, 2.75) is 51.6 Å². The molecule has 1 saturated heterocycles. The Bertz CT molecular complexity index is 156. The summed E-state index contributed by atoms with van der Waals surface area (Å²) in [7, 11) is 0. The molecule has 0 aliphatic carbocycles. The molecule has 1 rings (SSSR count). The molecule has 0 saturated carbocycles. The molecule has 1 heterocycles. The van der Waals surface area contributed by atoms with Gasteiger partial charge in [-0.15, -0.1) is 0 Å². The molecular formula is C12H26N2O. The van der Waals surface area contributed by atoms with Crippen LogP contribution in [0.2, 0.25) is 0 Å². The molecule has 0 bridgehead atoms. The molecule has 0 unspecified atom stereocenters. The van der Waals surface area contributed by atoms with Crippen LogP contribution in [0.1, 0.15) is 39.5 Å². The van der Waals surface area contributed by atoms with E-state index in [1.165, 1.54) is 38.9 Å². The fraction of sp³-hybridized carbons (Fsp3) is 1.00. The molecule has 0 aromatic rings. The fourth-order valence-electron chi connectivity index (χ4n) is 2.32. The molecule has 3 nitrogen and oxygen atoms in total.